The first kappa shape index (κ1) is 17.2. The van der Waals surface area contributed by atoms with E-state index in [4.69, 9.17) is 28.9 Å². The van der Waals surface area contributed by atoms with Gasteiger partial charge >= 0.3 is 0 Å². The number of nitrogens with two attached hydrogens (primary N) is 1. The Hall–Kier alpha value is -1.63. The van der Waals surface area contributed by atoms with Crippen molar-refractivity contribution in [2.24, 2.45) is 11.7 Å². The molecule has 128 valence electrons. The van der Waals surface area contributed by atoms with Crippen molar-refractivity contribution in [3.63, 3.8) is 0 Å². The number of piperidine rings is 1. The summed E-state index contributed by atoms with van der Waals surface area (Å²) >= 11 is 12.1. The average Bonchev–Trinajstić information content (AvgIpc) is 2.85. The quantitative estimate of drug-likeness (QED) is 0.823. The summed E-state index contributed by atoms with van der Waals surface area (Å²) in [6, 6.07) is 4.33. The summed E-state index contributed by atoms with van der Waals surface area (Å²) < 4.78 is 0. The number of carbonyl (C=O) groups excluding carboxylic acids is 3. The standard InChI is InChI=1S/C16H17Cl2N3O3/c17-10-2-1-3-11(14(10)18)21-13(22)8-12(16(21)24)20-6-4-9(5-7-20)15(19)23/h1-3,9,12H,4-8H2,(H2,19,23). The third-order valence-corrected chi connectivity index (χ3v) is 5.48. The number of hydrogen-bond acceptors (Lipinski definition) is 4. The lowest BCUT2D eigenvalue weighted by Gasteiger charge is -2.33. The zero-order valence-electron chi connectivity index (χ0n) is 12.9. The molecule has 1 atom stereocenters. The molecule has 2 aliphatic heterocycles. The summed E-state index contributed by atoms with van der Waals surface area (Å²) in [5, 5.41) is 0.481. The monoisotopic (exact) mass is 369 g/mol. The number of carbonyl (C=O) groups is 3. The Morgan fingerprint density at radius 3 is 2.46 bits per heavy atom. The molecule has 2 fully saturated rings. The number of benzene rings is 1. The first-order valence-electron chi connectivity index (χ1n) is 7.74. The Kier molecular flexibility index (Phi) is 4.80. The minimum atomic E-state index is -0.527. The highest BCUT2D eigenvalue weighted by atomic mass is 35.5. The molecule has 0 spiro atoms. The van der Waals surface area contributed by atoms with Gasteiger partial charge < -0.3 is 5.73 Å². The van der Waals surface area contributed by atoms with Gasteiger partial charge in [0.15, 0.2) is 0 Å². The van der Waals surface area contributed by atoms with Crippen LogP contribution in [0.25, 0.3) is 0 Å². The van der Waals surface area contributed by atoms with E-state index in [1.807, 2.05) is 4.90 Å². The Morgan fingerprint density at radius 2 is 1.83 bits per heavy atom. The van der Waals surface area contributed by atoms with E-state index in [9.17, 15) is 14.4 Å². The second kappa shape index (κ2) is 6.70. The largest absolute Gasteiger partial charge is 0.369 e. The third kappa shape index (κ3) is 3.01. The van der Waals surface area contributed by atoms with Crippen LogP contribution in [0.2, 0.25) is 10.0 Å². The van der Waals surface area contributed by atoms with Gasteiger partial charge in [-0.05, 0) is 38.1 Å². The van der Waals surface area contributed by atoms with Crippen LogP contribution in [0, 0.1) is 5.92 Å². The summed E-state index contributed by atoms with van der Waals surface area (Å²) in [4.78, 5) is 39.4. The van der Waals surface area contributed by atoms with Crippen LogP contribution >= 0.6 is 23.2 Å². The zero-order valence-corrected chi connectivity index (χ0v) is 14.4. The molecule has 3 rings (SSSR count). The number of primary amides is 1. The van der Waals surface area contributed by atoms with Gasteiger partial charge in [0.05, 0.1) is 28.2 Å². The van der Waals surface area contributed by atoms with Gasteiger partial charge in [-0.2, -0.15) is 0 Å². The third-order valence-electron chi connectivity index (χ3n) is 4.67. The summed E-state index contributed by atoms with van der Waals surface area (Å²) in [6.07, 6.45) is 1.30. The van der Waals surface area contributed by atoms with E-state index in [1.165, 1.54) is 0 Å². The van der Waals surface area contributed by atoms with Crippen molar-refractivity contribution < 1.29 is 14.4 Å². The molecule has 2 saturated heterocycles. The zero-order chi connectivity index (χ0) is 17.4. The Balaban J connectivity index is 1.78. The molecule has 1 aromatic rings. The van der Waals surface area contributed by atoms with E-state index < -0.39 is 6.04 Å². The molecule has 3 amide bonds. The molecule has 8 heteroatoms. The lowest BCUT2D eigenvalue weighted by Crippen LogP contribution is -2.47. The van der Waals surface area contributed by atoms with Crippen molar-refractivity contribution in [3.05, 3.63) is 28.2 Å². The lowest BCUT2D eigenvalue weighted by molar-refractivity contribution is -0.124. The summed E-state index contributed by atoms with van der Waals surface area (Å²) in [5.41, 5.74) is 5.64. The van der Waals surface area contributed by atoms with E-state index >= 15 is 0 Å². The van der Waals surface area contributed by atoms with Crippen molar-refractivity contribution in [1.82, 2.24) is 4.90 Å². The summed E-state index contributed by atoms with van der Waals surface area (Å²) in [6.45, 7) is 1.13. The van der Waals surface area contributed by atoms with E-state index in [2.05, 4.69) is 0 Å². The van der Waals surface area contributed by atoms with Gasteiger partial charge in [-0.1, -0.05) is 29.3 Å². The van der Waals surface area contributed by atoms with Crippen LogP contribution in [0.3, 0.4) is 0 Å². The highest BCUT2D eigenvalue weighted by Crippen LogP contribution is 2.36. The molecule has 0 aliphatic carbocycles. The molecule has 0 radical (unpaired) electrons. The molecular formula is C16H17Cl2N3O3. The molecule has 0 bridgehead atoms. The molecule has 0 saturated carbocycles. The van der Waals surface area contributed by atoms with Crippen LogP contribution in [-0.4, -0.2) is 41.8 Å². The van der Waals surface area contributed by atoms with Gasteiger partial charge in [0.1, 0.15) is 0 Å². The number of nitrogens with zero attached hydrogens (tertiary/aromatic N) is 2. The highest BCUT2D eigenvalue weighted by Gasteiger charge is 2.44. The number of rotatable bonds is 3. The number of amides is 3. The number of imide groups is 1. The predicted molar refractivity (Wildman–Crippen MR) is 90.9 cm³/mol. The van der Waals surface area contributed by atoms with Gasteiger partial charge in [-0.3, -0.25) is 19.3 Å². The van der Waals surface area contributed by atoms with E-state index in [-0.39, 0.29) is 35.1 Å². The van der Waals surface area contributed by atoms with Crippen LogP contribution in [0.1, 0.15) is 19.3 Å². The number of anilines is 1. The second-order valence-electron chi connectivity index (χ2n) is 6.07. The predicted octanol–water partition coefficient (Wildman–Crippen LogP) is 1.82. The van der Waals surface area contributed by atoms with Crippen molar-refractivity contribution in [2.75, 3.05) is 18.0 Å². The van der Waals surface area contributed by atoms with Crippen molar-refractivity contribution in [3.8, 4) is 0 Å². The van der Waals surface area contributed by atoms with Crippen LogP contribution in [0.5, 0.6) is 0 Å². The topological polar surface area (TPSA) is 83.7 Å². The molecular weight excluding hydrogens is 353 g/mol. The van der Waals surface area contributed by atoms with Crippen LogP contribution < -0.4 is 10.6 Å². The van der Waals surface area contributed by atoms with E-state index in [0.29, 0.717) is 36.6 Å². The molecule has 2 N–H and O–H groups in total. The minimum absolute atomic E-state index is 0.100. The second-order valence-corrected chi connectivity index (χ2v) is 6.86. The first-order chi connectivity index (χ1) is 11.4. The fraction of sp³-hybridized carbons (Fsp3) is 0.438. The number of hydrogen-bond donors (Lipinski definition) is 1. The highest BCUT2D eigenvalue weighted by molar-refractivity contribution is 6.44. The fourth-order valence-corrected chi connectivity index (χ4v) is 3.70. The van der Waals surface area contributed by atoms with Gasteiger partial charge in [0.25, 0.3) is 5.91 Å². The van der Waals surface area contributed by atoms with Crippen LogP contribution in [-0.2, 0) is 14.4 Å². The molecule has 2 heterocycles. The molecule has 24 heavy (non-hydrogen) atoms. The SMILES string of the molecule is NC(=O)C1CCN(C2CC(=O)N(c3cccc(Cl)c3Cl)C2=O)CC1. The Morgan fingerprint density at radius 1 is 1.17 bits per heavy atom. The smallest absolute Gasteiger partial charge is 0.251 e. The Labute approximate surface area is 149 Å². The number of likely N-dealkylation sites (tertiary alicyclic amines) is 1. The molecule has 0 aromatic heterocycles. The summed E-state index contributed by atoms with van der Waals surface area (Å²) in [7, 11) is 0. The average molecular weight is 370 g/mol. The summed E-state index contributed by atoms with van der Waals surface area (Å²) in [5.74, 6) is -1.07. The van der Waals surface area contributed by atoms with Crippen molar-refractivity contribution in [1.29, 1.82) is 0 Å². The molecule has 1 unspecified atom stereocenters. The normalized spacial score (nSPS) is 23.1. The van der Waals surface area contributed by atoms with Gasteiger partial charge in [-0.15, -0.1) is 0 Å². The maximum absolute atomic E-state index is 12.8. The fourth-order valence-electron chi connectivity index (χ4n) is 3.32. The van der Waals surface area contributed by atoms with Crippen molar-refractivity contribution >= 4 is 46.6 Å². The van der Waals surface area contributed by atoms with E-state index in [0.717, 1.165) is 4.90 Å². The number of halogens is 2. The Bertz CT molecular complexity index is 702. The van der Waals surface area contributed by atoms with Crippen LogP contribution in [0.4, 0.5) is 5.69 Å². The maximum atomic E-state index is 12.8. The van der Waals surface area contributed by atoms with Crippen molar-refractivity contribution in [2.45, 2.75) is 25.3 Å². The lowest BCUT2D eigenvalue weighted by atomic mass is 9.95. The minimum Gasteiger partial charge on any atom is -0.369 e. The van der Waals surface area contributed by atoms with Gasteiger partial charge in [0, 0.05) is 5.92 Å². The van der Waals surface area contributed by atoms with Gasteiger partial charge in [0.2, 0.25) is 11.8 Å². The maximum Gasteiger partial charge on any atom is 0.251 e. The first-order valence-corrected chi connectivity index (χ1v) is 8.50. The van der Waals surface area contributed by atoms with Crippen LogP contribution in [0.15, 0.2) is 18.2 Å². The van der Waals surface area contributed by atoms with Gasteiger partial charge in [-0.25, -0.2) is 4.90 Å². The van der Waals surface area contributed by atoms with E-state index in [1.54, 1.807) is 18.2 Å². The molecule has 2 aliphatic rings. The molecule has 1 aromatic carbocycles. The molecule has 6 nitrogen and oxygen atoms in total.